The summed E-state index contributed by atoms with van der Waals surface area (Å²) in [5, 5.41) is 2.93. The van der Waals surface area contributed by atoms with Crippen LogP contribution in [0.15, 0.2) is 4.99 Å². The number of ether oxygens (including phenoxy) is 1. The summed E-state index contributed by atoms with van der Waals surface area (Å²) in [6.45, 7) is 1.69. The zero-order valence-corrected chi connectivity index (χ0v) is 8.95. The molecule has 1 amide bonds. The molecule has 0 saturated heterocycles. The summed E-state index contributed by atoms with van der Waals surface area (Å²) in [4.78, 5) is 14.5. The van der Waals surface area contributed by atoms with Crippen LogP contribution in [0.1, 0.15) is 12.8 Å². The second kappa shape index (κ2) is 9.22. The Balaban J connectivity index is 3.64. The van der Waals surface area contributed by atoms with E-state index in [4.69, 9.17) is 16.3 Å². The second-order valence-electron chi connectivity index (χ2n) is 2.86. The first-order valence-electron chi connectivity index (χ1n) is 4.73. The van der Waals surface area contributed by atoms with Crippen LogP contribution in [-0.4, -0.2) is 38.7 Å². The van der Waals surface area contributed by atoms with E-state index >= 15 is 0 Å². The number of rotatable bonds is 7. The van der Waals surface area contributed by atoms with Gasteiger partial charge in [-0.25, -0.2) is 5.84 Å². The zero-order valence-electron chi connectivity index (χ0n) is 8.95. The van der Waals surface area contributed by atoms with Gasteiger partial charge in [-0.1, -0.05) is 0 Å². The van der Waals surface area contributed by atoms with E-state index in [2.05, 4.69) is 15.7 Å². The number of guanidine groups is 1. The van der Waals surface area contributed by atoms with Crippen LogP contribution in [0.5, 0.6) is 0 Å². The maximum absolute atomic E-state index is 10.4. The molecular weight excluding hydrogens is 198 g/mol. The Morgan fingerprint density at radius 1 is 1.53 bits per heavy atom. The van der Waals surface area contributed by atoms with Gasteiger partial charge in [-0.15, -0.1) is 0 Å². The molecule has 0 aromatic heterocycles. The van der Waals surface area contributed by atoms with Crippen LogP contribution >= 0.6 is 0 Å². The number of nitrogens with two attached hydrogens (primary N) is 2. The summed E-state index contributed by atoms with van der Waals surface area (Å²) in [7, 11) is 1.61. The van der Waals surface area contributed by atoms with Crippen LogP contribution in [0.4, 0.5) is 0 Å². The van der Waals surface area contributed by atoms with Gasteiger partial charge in [0.2, 0.25) is 11.9 Å². The molecule has 0 aromatic rings. The van der Waals surface area contributed by atoms with Crippen LogP contribution in [-0.2, 0) is 9.53 Å². The Morgan fingerprint density at radius 3 is 2.80 bits per heavy atom. The quantitative estimate of drug-likeness (QED) is 0.133. The number of carbonyl (C=O) groups excluding carboxylic acids is 1. The lowest BCUT2D eigenvalue weighted by Gasteiger charge is -2.07. The minimum Gasteiger partial charge on any atom is -0.383 e. The molecule has 0 aliphatic carbocycles. The minimum absolute atomic E-state index is 0.320. The molecule has 15 heavy (non-hydrogen) atoms. The molecule has 6 N–H and O–H groups in total. The van der Waals surface area contributed by atoms with Gasteiger partial charge < -0.3 is 15.8 Å². The number of amides is 1. The van der Waals surface area contributed by atoms with E-state index in [1.807, 2.05) is 0 Å². The average molecular weight is 217 g/mol. The highest BCUT2D eigenvalue weighted by Gasteiger charge is 1.96. The molecule has 0 spiro atoms. The molecule has 88 valence electrons. The largest absolute Gasteiger partial charge is 0.383 e. The van der Waals surface area contributed by atoms with Gasteiger partial charge in [-0.05, 0) is 6.42 Å². The molecular formula is C8H19N5O2. The van der Waals surface area contributed by atoms with Crippen molar-refractivity contribution in [1.29, 1.82) is 0 Å². The molecule has 0 aliphatic rings. The lowest BCUT2D eigenvalue weighted by atomic mass is 10.3. The van der Waals surface area contributed by atoms with Gasteiger partial charge in [0.1, 0.15) is 0 Å². The van der Waals surface area contributed by atoms with E-state index in [1.165, 1.54) is 0 Å². The number of hydrogen-bond donors (Lipinski definition) is 4. The monoisotopic (exact) mass is 217 g/mol. The summed E-state index contributed by atoms with van der Waals surface area (Å²) < 4.78 is 4.85. The number of carbonyl (C=O) groups is 1. The standard InChI is InChI=1S/C8H19N5O2/c1-15-6-5-12-8(13-10)11-4-2-3-7(9)14/h2-6,10H2,1H3,(H2,9,14)(H2,11,12,13). The highest BCUT2D eigenvalue weighted by atomic mass is 16.5. The molecule has 0 fully saturated rings. The second-order valence-corrected chi connectivity index (χ2v) is 2.86. The van der Waals surface area contributed by atoms with Crippen LogP contribution in [0.2, 0.25) is 0 Å². The van der Waals surface area contributed by atoms with E-state index in [0.29, 0.717) is 38.5 Å². The SMILES string of the molecule is COCCNC(=NCCCC(N)=O)NN. The van der Waals surface area contributed by atoms with Gasteiger partial charge in [0.15, 0.2) is 0 Å². The Labute approximate surface area is 89.2 Å². The Bertz CT molecular complexity index is 207. The third-order valence-electron chi connectivity index (χ3n) is 1.59. The van der Waals surface area contributed by atoms with Gasteiger partial charge >= 0.3 is 0 Å². The number of primary amides is 1. The third kappa shape index (κ3) is 8.98. The molecule has 0 atom stereocenters. The average Bonchev–Trinajstić information content (AvgIpc) is 2.21. The predicted octanol–water partition coefficient (Wildman–Crippen LogP) is -1.69. The lowest BCUT2D eigenvalue weighted by molar-refractivity contribution is -0.118. The van der Waals surface area contributed by atoms with Crippen molar-refractivity contribution in [3.63, 3.8) is 0 Å². The number of nitrogens with zero attached hydrogens (tertiary/aromatic N) is 1. The molecule has 0 rings (SSSR count). The summed E-state index contributed by atoms with van der Waals surface area (Å²) in [6.07, 6.45) is 0.950. The maximum atomic E-state index is 10.4. The van der Waals surface area contributed by atoms with Crippen molar-refractivity contribution in [2.45, 2.75) is 12.8 Å². The molecule has 7 heteroatoms. The van der Waals surface area contributed by atoms with Crippen molar-refractivity contribution in [1.82, 2.24) is 10.7 Å². The van der Waals surface area contributed by atoms with Crippen molar-refractivity contribution in [3.05, 3.63) is 0 Å². The van der Waals surface area contributed by atoms with E-state index in [1.54, 1.807) is 7.11 Å². The van der Waals surface area contributed by atoms with Crippen LogP contribution < -0.4 is 22.3 Å². The van der Waals surface area contributed by atoms with Gasteiger partial charge in [0, 0.05) is 26.6 Å². The van der Waals surface area contributed by atoms with Crippen LogP contribution in [0, 0.1) is 0 Å². The summed E-state index contributed by atoms with van der Waals surface area (Å²) >= 11 is 0. The first kappa shape index (κ1) is 13.7. The van der Waals surface area contributed by atoms with Crippen molar-refractivity contribution in [2.24, 2.45) is 16.6 Å². The Kier molecular flexibility index (Phi) is 8.40. The molecule has 0 saturated carbocycles. The Morgan fingerprint density at radius 2 is 2.27 bits per heavy atom. The first-order valence-corrected chi connectivity index (χ1v) is 4.73. The van der Waals surface area contributed by atoms with Gasteiger partial charge in [-0.3, -0.25) is 15.2 Å². The topological polar surface area (TPSA) is 115 Å². The molecule has 0 aromatic carbocycles. The third-order valence-corrected chi connectivity index (χ3v) is 1.59. The van der Waals surface area contributed by atoms with Crippen LogP contribution in [0.25, 0.3) is 0 Å². The normalized spacial score (nSPS) is 11.2. The maximum Gasteiger partial charge on any atom is 0.217 e. The van der Waals surface area contributed by atoms with Gasteiger partial charge in [0.25, 0.3) is 0 Å². The van der Waals surface area contributed by atoms with Gasteiger partial charge in [0.05, 0.1) is 6.61 Å². The predicted molar refractivity (Wildman–Crippen MR) is 57.9 cm³/mol. The summed E-state index contributed by atoms with van der Waals surface area (Å²) in [5.74, 6) is 5.38. The number of nitrogens with one attached hydrogen (secondary N) is 2. The van der Waals surface area contributed by atoms with E-state index in [0.717, 1.165) is 0 Å². The fraction of sp³-hybridized carbons (Fsp3) is 0.750. The van der Waals surface area contributed by atoms with Crippen molar-refractivity contribution in [3.8, 4) is 0 Å². The zero-order chi connectivity index (χ0) is 11.5. The van der Waals surface area contributed by atoms with Crippen molar-refractivity contribution < 1.29 is 9.53 Å². The van der Waals surface area contributed by atoms with E-state index in [9.17, 15) is 4.79 Å². The molecule has 0 heterocycles. The Hall–Kier alpha value is -1.34. The molecule has 0 aliphatic heterocycles. The first-order chi connectivity index (χ1) is 7.20. The highest BCUT2D eigenvalue weighted by molar-refractivity contribution is 5.79. The van der Waals surface area contributed by atoms with Crippen molar-refractivity contribution in [2.75, 3.05) is 26.8 Å². The molecule has 0 unspecified atom stereocenters. The van der Waals surface area contributed by atoms with Crippen molar-refractivity contribution >= 4 is 11.9 Å². The van der Waals surface area contributed by atoms with E-state index in [-0.39, 0.29) is 5.91 Å². The highest BCUT2D eigenvalue weighted by Crippen LogP contribution is 1.87. The lowest BCUT2D eigenvalue weighted by Crippen LogP contribution is -2.42. The minimum atomic E-state index is -0.320. The molecule has 0 bridgehead atoms. The summed E-state index contributed by atoms with van der Waals surface area (Å²) in [5.41, 5.74) is 7.40. The number of methoxy groups -OCH3 is 1. The fourth-order valence-corrected chi connectivity index (χ4v) is 0.868. The smallest absolute Gasteiger partial charge is 0.217 e. The number of hydrazine groups is 1. The molecule has 7 nitrogen and oxygen atoms in total. The number of aliphatic imine (C=N–C) groups is 1. The molecule has 0 radical (unpaired) electrons. The summed E-state index contributed by atoms with van der Waals surface area (Å²) in [6, 6.07) is 0. The number of hydrogen-bond acceptors (Lipinski definition) is 4. The van der Waals surface area contributed by atoms with Gasteiger partial charge in [-0.2, -0.15) is 0 Å². The van der Waals surface area contributed by atoms with Crippen LogP contribution in [0.3, 0.4) is 0 Å². The van der Waals surface area contributed by atoms with E-state index < -0.39 is 0 Å². The fourth-order valence-electron chi connectivity index (χ4n) is 0.868.